The SMILES string of the molecule is COc1ccccc1C1CNCCN1C(=O)c1nc2nc(C)cc(C)n2n1. The maximum absolute atomic E-state index is 13.2. The molecular formula is C19H22N6O2. The van der Waals surface area contributed by atoms with Gasteiger partial charge in [0, 0.05) is 36.6 Å². The van der Waals surface area contributed by atoms with E-state index >= 15 is 0 Å². The molecule has 140 valence electrons. The van der Waals surface area contributed by atoms with Crippen LogP contribution in [-0.2, 0) is 0 Å². The predicted octanol–water partition coefficient (Wildman–Crippen LogP) is 1.54. The molecule has 4 rings (SSSR count). The van der Waals surface area contributed by atoms with E-state index in [2.05, 4.69) is 20.4 Å². The van der Waals surface area contributed by atoms with E-state index in [1.807, 2.05) is 49.1 Å². The van der Waals surface area contributed by atoms with Gasteiger partial charge in [-0.3, -0.25) is 4.79 Å². The molecule has 1 saturated heterocycles. The topological polar surface area (TPSA) is 84.6 Å². The van der Waals surface area contributed by atoms with Gasteiger partial charge in [-0.15, -0.1) is 5.10 Å². The Morgan fingerprint density at radius 3 is 2.89 bits per heavy atom. The number of amides is 1. The molecule has 0 aliphatic carbocycles. The summed E-state index contributed by atoms with van der Waals surface area (Å²) in [6, 6.07) is 9.54. The minimum Gasteiger partial charge on any atom is -0.496 e. The van der Waals surface area contributed by atoms with Gasteiger partial charge in [-0.25, -0.2) is 9.50 Å². The summed E-state index contributed by atoms with van der Waals surface area (Å²) in [6.07, 6.45) is 0. The van der Waals surface area contributed by atoms with Gasteiger partial charge in [0.15, 0.2) is 0 Å². The second kappa shape index (κ2) is 6.96. The average molecular weight is 366 g/mol. The summed E-state index contributed by atoms with van der Waals surface area (Å²) in [4.78, 5) is 23.8. The Labute approximate surface area is 157 Å². The van der Waals surface area contributed by atoms with Gasteiger partial charge in [-0.1, -0.05) is 18.2 Å². The number of nitrogens with zero attached hydrogens (tertiary/aromatic N) is 5. The third-order valence-electron chi connectivity index (χ3n) is 4.81. The van der Waals surface area contributed by atoms with E-state index < -0.39 is 0 Å². The Kier molecular flexibility index (Phi) is 4.49. The predicted molar refractivity (Wildman–Crippen MR) is 99.9 cm³/mol. The largest absolute Gasteiger partial charge is 0.496 e. The van der Waals surface area contributed by atoms with Crippen LogP contribution in [0, 0.1) is 13.8 Å². The van der Waals surface area contributed by atoms with Crippen molar-refractivity contribution in [1.29, 1.82) is 0 Å². The number of aryl methyl sites for hydroxylation is 2. The molecule has 8 heteroatoms. The van der Waals surface area contributed by atoms with Crippen LogP contribution in [0.4, 0.5) is 0 Å². The normalized spacial score (nSPS) is 17.3. The van der Waals surface area contributed by atoms with E-state index in [1.165, 1.54) is 0 Å². The number of para-hydroxylation sites is 1. The Morgan fingerprint density at radius 1 is 1.26 bits per heavy atom. The van der Waals surface area contributed by atoms with Crippen LogP contribution in [0.2, 0.25) is 0 Å². The lowest BCUT2D eigenvalue weighted by molar-refractivity contribution is 0.0619. The molecule has 1 fully saturated rings. The van der Waals surface area contributed by atoms with Crippen LogP contribution in [-0.4, -0.2) is 57.1 Å². The van der Waals surface area contributed by atoms with Crippen LogP contribution in [0.3, 0.4) is 0 Å². The second-order valence-corrected chi connectivity index (χ2v) is 6.65. The van der Waals surface area contributed by atoms with E-state index in [-0.39, 0.29) is 17.8 Å². The number of hydrogen-bond donors (Lipinski definition) is 1. The highest BCUT2D eigenvalue weighted by molar-refractivity contribution is 5.91. The first-order valence-electron chi connectivity index (χ1n) is 8.94. The van der Waals surface area contributed by atoms with E-state index in [0.717, 1.165) is 29.2 Å². The zero-order chi connectivity index (χ0) is 19.0. The molecule has 0 bridgehead atoms. The van der Waals surface area contributed by atoms with Crippen molar-refractivity contribution in [3.8, 4) is 5.75 Å². The van der Waals surface area contributed by atoms with Crippen LogP contribution in [0.15, 0.2) is 30.3 Å². The zero-order valence-corrected chi connectivity index (χ0v) is 15.6. The summed E-state index contributed by atoms with van der Waals surface area (Å²) in [7, 11) is 1.64. The fourth-order valence-corrected chi connectivity index (χ4v) is 3.55. The standard InChI is InChI=1S/C19H22N6O2/c1-12-10-13(2)25-19(21-12)22-17(23-25)18(26)24-9-8-20-11-15(24)14-6-4-5-7-16(14)27-3/h4-7,10,15,20H,8-9,11H2,1-3H3. The van der Waals surface area contributed by atoms with Gasteiger partial charge >= 0.3 is 0 Å². The summed E-state index contributed by atoms with van der Waals surface area (Å²) in [5.74, 6) is 1.17. The van der Waals surface area contributed by atoms with Crippen LogP contribution in [0.25, 0.3) is 5.78 Å². The lowest BCUT2D eigenvalue weighted by Gasteiger charge is -2.36. The number of carbonyl (C=O) groups excluding carboxylic acids is 1. The third kappa shape index (κ3) is 3.12. The number of nitrogens with one attached hydrogen (secondary N) is 1. The van der Waals surface area contributed by atoms with Gasteiger partial charge in [0.2, 0.25) is 5.82 Å². The molecule has 3 heterocycles. The number of carbonyl (C=O) groups is 1. The summed E-state index contributed by atoms with van der Waals surface area (Å²) in [6.45, 7) is 5.77. The van der Waals surface area contributed by atoms with E-state index in [9.17, 15) is 4.79 Å². The molecule has 0 radical (unpaired) electrons. The molecule has 1 aliphatic heterocycles. The van der Waals surface area contributed by atoms with Gasteiger partial charge in [0.1, 0.15) is 5.75 Å². The van der Waals surface area contributed by atoms with Crippen LogP contribution in [0.1, 0.15) is 33.6 Å². The first-order valence-corrected chi connectivity index (χ1v) is 8.94. The minimum atomic E-state index is -0.199. The maximum atomic E-state index is 13.2. The number of fused-ring (bicyclic) bond motifs is 1. The first kappa shape index (κ1) is 17.4. The molecule has 2 aromatic heterocycles. The summed E-state index contributed by atoms with van der Waals surface area (Å²) in [5, 5.41) is 7.76. The molecule has 1 N–H and O–H groups in total. The van der Waals surface area contributed by atoms with Crippen molar-refractivity contribution in [3.05, 3.63) is 53.1 Å². The van der Waals surface area contributed by atoms with Crippen LogP contribution in [0.5, 0.6) is 5.75 Å². The number of benzene rings is 1. The fraction of sp³-hybridized carbons (Fsp3) is 0.368. The number of aromatic nitrogens is 4. The number of methoxy groups -OCH3 is 1. The molecule has 0 spiro atoms. The summed E-state index contributed by atoms with van der Waals surface area (Å²) >= 11 is 0. The highest BCUT2D eigenvalue weighted by Crippen LogP contribution is 2.30. The van der Waals surface area contributed by atoms with Crippen LogP contribution >= 0.6 is 0 Å². The molecule has 1 amide bonds. The average Bonchev–Trinajstić information content (AvgIpc) is 3.12. The molecule has 0 saturated carbocycles. The quantitative estimate of drug-likeness (QED) is 0.757. The highest BCUT2D eigenvalue weighted by Gasteiger charge is 2.32. The Balaban J connectivity index is 1.72. The van der Waals surface area contributed by atoms with Gasteiger partial charge in [0.05, 0.1) is 13.2 Å². The van der Waals surface area contributed by atoms with Gasteiger partial charge in [-0.2, -0.15) is 4.98 Å². The fourth-order valence-electron chi connectivity index (χ4n) is 3.55. The van der Waals surface area contributed by atoms with Crippen molar-refractivity contribution in [2.75, 3.05) is 26.7 Å². The molecule has 8 nitrogen and oxygen atoms in total. The van der Waals surface area contributed by atoms with Crippen LogP contribution < -0.4 is 10.1 Å². The highest BCUT2D eigenvalue weighted by atomic mass is 16.5. The lowest BCUT2D eigenvalue weighted by Crippen LogP contribution is -2.49. The monoisotopic (exact) mass is 366 g/mol. The Hall–Kier alpha value is -3.00. The maximum Gasteiger partial charge on any atom is 0.294 e. The van der Waals surface area contributed by atoms with Gasteiger partial charge < -0.3 is 15.0 Å². The number of rotatable bonds is 3. The molecular weight excluding hydrogens is 344 g/mol. The van der Waals surface area contributed by atoms with Crippen molar-refractivity contribution in [2.45, 2.75) is 19.9 Å². The zero-order valence-electron chi connectivity index (χ0n) is 15.6. The summed E-state index contributed by atoms with van der Waals surface area (Å²) in [5.41, 5.74) is 2.71. The third-order valence-corrected chi connectivity index (χ3v) is 4.81. The van der Waals surface area contributed by atoms with Crippen molar-refractivity contribution in [1.82, 2.24) is 29.8 Å². The molecule has 27 heavy (non-hydrogen) atoms. The number of piperazine rings is 1. The molecule has 1 unspecified atom stereocenters. The lowest BCUT2D eigenvalue weighted by atomic mass is 10.0. The van der Waals surface area contributed by atoms with E-state index in [1.54, 1.807) is 11.6 Å². The molecule has 1 atom stereocenters. The Bertz CT molecular complexity index is 999. The van der Waals surface area contributed by atoms with Crippen molar-refractivity contribution < 1.29 is 9.53 Å². The molecule has 3 aromatic rings. The summed E-state index contributed by atoms with van der Waals surface area (Å²) < 4.78 is 7.11. The molecule has 1 aromatic carbocycles. The van der Waals surface area contributed by atoms with Crippen molar-refractivity contribution in [2.24, 2.45) is 0 Å². The minimum absolute atomic E-state index is 0.148. The smallest absolute Gasteiger partial charge is 0.294 e. The first-order chi connectivity index (χ1) is 13.1. The van der Waals surface area contributed by atoms with E-state index in [4.69, 9.17) is 4.74 Å². The van der Waals surface area contributed by atoms with Gasteiger partial charge in [0.25, 0.3) is 11.7 Å². The number of hydrogen-bond acceptors (Lipinski definition) is 6. The molecule has 1 aliphatic rings. The van der Waals surface area contributed by atoms with Gasteiger partial charge in [-0.05, 0) is 26.0 Å². The van der Waals surface area contributed by atoms with Crippen molar-refractivity contribution in [3.63, 3.8) is 0 Å². The number of ether oxygens (including phenoxy) is 1. The van der Waals surface area contributed by atoms with E-state index in [0.29, 0.717) is 18.9 Å². The Morgan fingerprint density at radius 2 is 2.07 bits per heavy atom. The van der Waals surface area contributed by atoms with Crippen molar-refractivity contribution >= 4 is 11.7 Å². The second-order valence-electron chi connectivity index (χ2n) is 6.65.